The van der Waals surface area contributed by atoms with Gasteiger partial charge in [0.05, 0.1) is 5.76 Å². The van der Waals surface area contributed by atoms with Gasteiger partial charge in [-0.1, -0.05) is 20.8 Å². The van der Waals surface area contributed by atoms with Gasteiger partial charge in [-0.15, -0.1) is 0 Å². The molecule has 0 aromatic heterocycles. The van der Waals surface area contributed by atoms with Crippen molar-refractivity contribution in [3.8, 4) is 0 Å². The standard InChI is InChI=1S/C10H18O/c1-7(2)9-5-4-8(3)6-10(9)11/h6-9,11H,4-5H2,1-3H3. The van der Waals surface area contributed by atoms with Crippen molar-refractivity contribution in [1.29, 1.82) is 0 Å². The first kappa shape index (κ1) is 8.63. The van der Waals surface area contributed by atoms with E-state index in [9.17, 15) is 5.11 Å². The summed E-state index contributed by atoms with van der Waals surface area (Å²) in [5.41, 5.74) is 0. The molecule has 11 heavy (non-hydrogen) atoms. The third-order valence-corrected chi connectivity index (χ3v) is 2.57. The minimum absolute atomic E-state index is 0.422. The molecular weight excluding hydrogens is 136 g/mol. The molecule has 1 aliphatic rings. The molecule has 1 rings (SSSR count). The predicted molar refractivity (Wildman–Crippen MR) is 47.4 cm³/mol. The summed E-state index contributed by atoms with van der Waals surface area (Å²) in [6.07, 6.45) is 4.39. The van der Waals surface area contributed by atoms with Gasteiger partial charge in [0.2, 0.25) is 0 Å². The molecule has 0 radical (unpaired) electrons. The van der Waals surface area contributed by atoms with Crippen LogP contribution >= 0.6 is 0 Å². The molecule has 2 unspecified atom stereocenters. The van der Waals surface area contributed by atoms with Gasteiger partial charge in [0.1, 0.15) is 0 Å². The fraction of sp³-hybridized carbons (Fsp3) is 0.800. The van der Waals surface area contributed by atoms with E-state index in [2.05, 4.69) is 20.8 Å². The van der Waals surface area contributed by atoms with Crippen molar-refractivity contribution in [3.05, 3.63) is 11.8 Å². The van der Waals surface area contributed by atoms with E-state index in [1.165, 1.54) is 6.42 Å². The maximum atomic E-state index is 9.57. The molecule has 1 aliphatic carbocycles. The van der Waals surface area contributed by atoms with E-state index in [4.69, 9.17) is 0 Å². The van der Waals surface area contributed by atoms with Crippen molar-refractivity contribution in [2.24, 2.45) is 17.8 Å². The summed E-state index contributed by atoms with van der Waals surface area (Å²) in [5.74, 6) is 2.20. The van der Waals surface area contributed by atoms with Crippen LogP contribution in [0, 0.1) is 17.8 Å². The Balaban J connectivity index is 2.64. The number of aliphatic hydroxyl groups excluding tert-OH is 1. The number of allylic oxidation sites excluding steroid dienone is 2. The van der Waals surface area contributed by atoms with Gasteiger partial charge in [-0.2, -0.15) is 0 Å². The molecule has 1 nitrogen and oxygen atoms in total. The van der Waals surface area contributed by atoms with Gasteiger partial charge < -0.3 is 5.11 Å². The van der Waals surface area contributed by atoms with E-state index < -0.39 is 0 Å². The molecule has 0 aliphatic heterocycles. The summed E-state index contributed by atoms with van der Waals surface area (Å²) in [5, 5.41) is 9.57. The zero-order chi connectivity index (χ0) is 8.43. The molecule has 2 atom stereocenters. The second-order valence-electron chi connectivity index (χ2n) is 4.00. The quantitative estimate of drug-likeness (QED) is 0.615. The van der Waals surface area contributed by atoms with E-state index in [0.29, 0.717) is 23.5 Å². The average Bonchev–Trinajstić information content (AvgIpc) is 1.85. The number of aliphatic hydroxyl groups is 1. The lowest BCUT2D eigenvalue weighted by Crippen LogP contribution is -2.17. The van der Waals surface area contributed by atoms with Gasteiger partial charge in [0.25, 0.3) is 0 Å². The highest BCUT2D eigenvalue weighted by atomic mass is 16.3. The highest BCUT2D eigenvalue weighted by molar-refractivity contribution is 5.04. The second kappa shape index (κ2) is 3.29. The van der Waals surface area contributed by atoms with Crippen molar-refractivity contribution in [2.75, 3.05) is 0 Å². The van der Waals surface area contributed by atoms with Crippen molar-refractivity contribution in [3.63, 3.8) is 0 Å². The van der Waals surface area contributed by atoms with Crippen molar-refractivity contribution in [1.82, 2.24) is 0 Å². The number of rotatable bonds is 1. The summed E-state index contributed by atoms with van der Waals surface area (Å²) in [7, 11) is 0. The summed E-state index contributed by atoms with van der Waals surface area (Å²) in [6, 6.07) is 0. The lowest BCUT2D eigenvalue weighted by atomic mass is 9.81. The van der Waals surface area contributed by atoms with Crippen LogP contribution < -0.4 is 0 Å². The molecule has 0 bridgehead atoms. The Hall–Kier alpha value is -0.460. The molecule has 0 fully saturated rings. The van der Waals surface area contributed by atoms with Gasteiger partial charge in [-0.3, -0.25) is 0 Å². The third kappa shape index (κ3) is 1.98. The van der Waals surface area contributed by atoms with Crippen molar-refractivity contribution >= 4 is 0 Å². The van der Waals surface area contributed by atoms with Crippen molar-refractivity contribution < 1.29 is 5.11 Å². The first-order valence-corrected chi connectivity index (χ1v) is 4.52. The van der Waals surface area contributed by atoms with Gasteiger partial charge in [-0.25, -0.2) is 0 Å². The summed E-state index contributed by atoms with van der Waals surface area (Å²) >= 11 is 0. The highest BCUT2D eigenvalue weighted by Crippen LogP contribution is 2.31. The summed E-state index contributed by atoms with van der Waals surface area (Å²) < 4.78 is 0. The Morgan fingerprint density at radius 1 is 1.45 bits per heavy atom. The van der Waals surface area contributed by atoms with Crippen LogP contribution in [0.4, 0.5) is 0 Å². The first-order chi connectivity index (χ1) is 5.11. The first-order valence-electron chi connectivity index (χ1n) is 4.52. The Kier molecular flexibility index (Phi) is 2.58. The molecule has 64 valence electrons. The Morgan fingerprint density at radius 3 is 2.55 bits per heavy atom. The molecule has 0 saturated heterocycles. The van der Waals surface area contributed by atoms with E-state index in [0.717, 1.165) is 6.42 Å². The Labute approximate surface area is 69.1 Å². The minimum atomic E-state index is 0.422. The predicted octanol–water partition coefficient (Wildman–Crippen LogP) is 3.13. The van der Waals surface area contributed by atoms with Crippen molar-refractivity contribution in [2.45, 2.75) is 33.6 Å². The molecular formula is C10H18O. The summed E-state index contributed by atoms with van der Waals surface area (Å²) in [4.78, 5) is 0. The van der Waals surface area contributed by atoms with Crippen LogP contribution in [-0.2, 0) is 0 Å². The molecule has 0 aromatic carbocycles. The maximum absolute atomic E-state index is 9.57. The van der Waals surface area contributed by atoms with Crippen LogP contribution in [0.5, 0.6) is 0 Å². The highest BCUT2D eigenvalue weighted by Gasteiger charge is 2.22. The van der Waals surface area contributed by atoms with E-state index in [1.54, 1.807) is 0 Å². The lowest BCUT2D eigenvalue weighted by molar-refractivity contribution is 0.239. The molecule has 0 saturated carbocycles. The normalized spacial score (nSPS) is 32.2. The molecule has 0 amide bonds. The van der Waals surface area contributed by atoms with Gasteiger partial charge in [0, 0.05) is 5.92 Å². The smallest absolute Gasteiger partial charge is 0.0918 e. The Bertz CT molecular complexity index is 158. The fourth-order valence-electron chi connectivity index (χ4n) is 1.76. The van der Waals surface area contributed by atoms with Crippen LogP contribution in [0.1, 0.15) is 33.6 Å². The fourth-order valence-corrected chi connectivity index (χ4v) is 1.76. The number of hydrogen-bond acceptors (Lipinski definition) is 1. The maximum Gasteiger partial charge on any atom is 0.0918 e. The Morgan fingerprint density at radius 2 is 2.09 bits per heavy atom. The van der Waals surface area contributed by atoms with Gasteiger partial charge in [0.15, 0.2) is 0 Å². The van der Waals surface area contributed by atoms with Gasteiger partial charge in [-0.05, 0) is 30.8 Å². The molecule has 0 heterocycles. The third-order valence-electron chi connectivity index (χ3n) is 2.57. The number of hydrogen-bond donors (Lipinski definition) is 1. The van der Waals surface area contributed by atoms with E-state index in [-0.39, 0.29) is 0 Å². The summed E-state index contributed by atoms with van der Waals surface area (Å²) in [6.45, 7) is 6.50. The minimum Gasteiger partial charge on any atom is -0.512 e. The zero-order valence-electron chi connectivity index (χ0n) is 7.67. The topological polar surface area (TPSA) is 20.2 Å². The molecule has 0 spiro atoms. The molecule has 0 aromatic rings. The largest absolute Gasteiger partial charge is 0.512 e. The van der Waals surface area contributed by atoms with Gasteiger partial charge >= 0.3 is 0 Å². The second-order valence-corrected chi connectivity index (χ2v) is 4.00. The van der Waals surface area contributed by atoms with E-state index >= 15 is 0 Å². The van der Waals surface area contributed by atoms with Crippen LogP contribution in [0.2, 0.25) is 0 Å². The van der Waals surface area contributed by atoms with Crippen LogP contribution in [0.15, 0.2) is 11.8 Å². The van der Waals surface area contributed by atoms with Crippen LogP contribution in [0.25, 0.3) is 0 Å². The van der Waals surface area contributed by atoms with Crippen LogP contribution in [0.3, 0.4) is 0 Å². The monoisotopic (exact) mass is 154 g/mol. The lowest BCUT2D eigenvalue weighted by Gasteiger charge is -2.26. The molecule has 1 heteroatoms. The SMILES string of the molecule is CC1C=C(O)C(C(C)C)CC1. The van der Waals surface area contributed by atoms with Crippen LogP contribution in [-0.4, -0.2) is 5.11 Å². The average molecular weight is 154 g/mol. The van der Waals surface area contributed by atoms with E-state index in [1.807, 2.05) is 6.08 Å². The molecule has 1 N–H and O–H groups in total. The zero-order valence-corrected chi connectivity index (χ0v) is 7.67.